The molecule has 0 saturated heterocycles. The summed E-state index contributed by atoms with van der Waals surface area (Å²) in [6.45, 7) is 11.5. The molecule has 4 heteroatoms. The Hall–Kier alpha value is -0.870. The molecule has 1 aromatic rings. The number of hydrogen-bond donors (Lipinski definition) is 1. The molecule has 0 fully saturated rings. The van der Waals surface area contributed by atoms with Gasteiger partial charge in [-0.1, -0.05) is 45.4 Å². The standard InChI is InChI=1S/C8H10O3S.2C2H6/c1-6-3-4-8(7(2)5-6)12(9,10)11;2*1-2/h3-5H,1-2H3,(H,9,10,11);2*1-2H3. The summed E-state index contributed by atoms with van der Waals surface area (Å²) in [7, 11) is -4.05. The number of rotatable bonds is 1. The second kappa shape index (κ2) is 8.30. The molecule has 0 spiro atoms. The monoisotopic (exact) mass is 246 g/mol. The van der Waals surface area contributed by atoms with E-state index in [1.54, 1.807) is 19.1 Å². The van der Waals surface area contributed by atoms with Crippen LogP contribution in [0.2, 0.25) is 0 Å². The van der Waals surface area contributed by atoms with Crippen molar-refractivity contribution in [1.29, 1.82) is 0 Å². The molecular formula is C12H22O3S. The van der Waals surface area contributed by atoms with Crippen LogP contribution in [0.1, 0.15) is 38.8 Å². The fraction of sp³-hybridized carbons (Fsp3) is 0.500. The van der Waals surface area contributed by atoms with Gasteiger partial charge >= 0.3 is 0 Å². The number of aryl methyl sites for hydroxylation is 2. The first kappa shape index (κ1) is 17.5. The Bertz CT molecular complexity index is 395. The minimum atomic E-state index is -4.05. The first-order valence-electron chi connectivity index (χ1n) is 5.46. The maximum Gasteiger partial charge on any atom is 0.294 e. The predicted molar refractivity (Wildman–Crippen MR) is 68.4 cm³/mol. The molecule has 1 rings (SSSR count). The lowest BCUT2D eigenvalue weighted by atomic mass is 10.2. The minimum Gasteiger partial charge on any atom is -0.282 e. The molecule has 1 aromatic carbocycles. The molecule has 0 amide bonds. The first-order chi connectivity index (χ1) is 7.41. The van der Waals surface area contributed by atoms with Gasteiger partial charge in [-0.3, -0.25) is 4.55 Å². The molecule has 0 aromatic heterocycles. The van der Waals surface area contributed by atoms with Gasteiger partial charge < -0.3 is 0 Å². The van der Waals surface area contributed by atoms with Gasteiger partial charge in [-0.05, 0) is 25.5 Å². The van der Waals surface area contributed by atoms with Crippen molar-refractivity contribution >= 4 is 10.1 Å². The minimum absolute atomic E-state index is 0.0203. The van der Waals surface area contributed by atoms with E-state index in [9.17, 15) is 8.42 Å². The lowest BCUT2D eigenvalue weighted by Crippen LogP contribution is -2.00. The van der Waals surface area contributed by atoms with Gasteiger partial charge in [0, 0.05) is 0 Å². The van der Waals surface area contributed by atoms with Crippen molar-refractivity contribution < 1.29 is 13.0 Å². The topological polar surface area (TPSA) is 54.4 Å². The zero-order valence-corrected chi connectivity index (χ0v) is 11.7. The van der Waals surface area contributed by atoms with E-state index in [2.05, 4.69) is 0 Å². The quantitative estimate of drug-likeness (QED) is 0.770. The van der Waals surface area contributed by atoms with Crippen LogP contribution in [-0.4, -0.2) is 13.0 Å². The number of hydrogen-bond acceptors (Lipinski definition) is 2. The summed E-state index contributed by atoms with van der Waals surface area (Å²) in [6, 6.07) is 4.76. The molecule has 16 heavy (non-hydrogen) atoms. The second-order valence-corrected chi connectivity index (χ2v) is 4.13. The molecule has 0 radical (unpaired) electrons. The zero-order valence-electron chi connectivity index (χ0n) is 10.9. The Morgan fingerprint density at radius 3 is 1.75 bits per heavy atom. The SMILES string of the molecule is CC.CC.Cc1ccc(S(=O)(=O)O)c(C)c1. The van der Waals surface area contributed by atoms with Gasteiger partial charge in [0.25, 0.3) is 10.1 Å². The van der Waals surface area contributed by atoms with Crippen molar-refractivity contribution in [3.05, 3.63) is 29.3 Å². The molecule has 0 aliphatic rings. The van der Waals surface area contributed by atoms with Gasteiger partial charge in [0.05, 0.1) is 4.90 Å². The van der Waals surface area contributed by atoms with E-state index in [1.807, 2.05) is 34.6 Å². The maximum atomic E-state index is 10.7. The molecule has 0 aliphatic carbocycles. The lowest BCUT2D eigenvalue weighted by Gasteiger charge is -2.02. The van der Waals surface area contributed by atoms with Gasteiger partial charge in [0.1, 0.15) is 0 Å². The lowest BCUT2D eigenvalue weighted by molar-refractivity contribution is 0.482. The van der Waals surface area contributed by atoms with Crippen molar-refractivity contribution in [2.75, 3.05) is 0 Å². The van der Waals surface area contributed by atoms with Gasteiger partial charge in [-0.15, -0.1) is 0 Å². The normalized spacial score (nSPS) is 9.44. The van der Waals surface area contributed by atoms with E-state index in [4.69, 9.17) is 4.55 Å². The van der Waals surface area contributed by atoms with E-state index in [-0.39, 0.29) is 4.90 Å². The molecule has 0 unspecified atom stereocenters. The van der Waals surface area contributed by atoms with Crippen LogP contribution in [0.15, 0.2) is 23.1 Å². The van der Waals surface area contributed by atoms with Gasteiger partial charge in [-0.2, -0.15) is 8.42 Å². The summed E-state index contributed by atoms with van der Waals surface area (Å²) >= 11 is 0. The Labute approximate surface area is 99.3 Å². The van der Waals surface area contributed by atoms with E-state index < -0.39 is 10.1 Å². The highest BCUT2D eigenvalue weighted by atomic mass is 32.2. The predicted octanol–water partition coefficient (Wildman–Crippen LogP) is 3.60. The fourth-order valence-electron chi connectivity index (χ4n) is 1.09. The van der Waals surface area contributed by atoms with Gasteiger partial charge in [-0.25, -0.2) is 0 Å². The van der Waals surface area contributed by atoms with Crippen LogP contribution < -0.4 is 0 Å². The van der Waals surface area contributed by atoms with Crippen molar-refractivity contribution in [1.82, 2.24) is 0 Å². The highest BCUT2D eigenvalue weighted by Gasteiger charge is 2.11. The van der Waals surface area contributed by atoms with Crippen LogP contribution in [0.3, 0.4) is 0 Å². The van der Waals surface area contributed by atoms with Crippen molar-refractivity contribution in [2.24, 2.45) is 0 Å². The first-order valence-corrected chi connectivity index (χ1v) is 6.90. The summed E-state index contributed by atoms with van der Waals surface area (Å²) in [5, 5.41) is 0. The highest BCUT2D eigenvalue weighted by molar-refractivity contribution is 7.85. The molecule has 1 N–H and O–H groups in total. The summed E-state index contributed by atoms with van der Waals surface area (Å²) in [6.07, 6.45) is 0. The Balaban J connectivity index is 0. The third-order valence-electron chi connectivity index (χ3n) is 1.61. The molecule has 0 bridgehead atoms. The van der Waals surface area contributed by atoms with E-state index in [0.717, 1.165) is 5.56 Å². The Morgan fingerprint density at radius 2 is 1.44 bits per heavy atom. The summed E-state index contributed by atoms with van der Waals surface area (Å²) < 4.78 is 30.2. The second-order valence-electron chi connectivity index (χ2n) is 2.74. The molecule has 0 saturated carbocycles. The molecule has 94 valence electrons. The highest BCUT2D eigenvalue weighted by Crippen LogP contribution is 2.15. The smallest absolute Gasteiger partial charge is 0.282 e. The largest absolute Gasteiger partial charge is 0.294 e. The third-order valence-corrected chi connectivity index (χ3v) is 2.62. The van der Waals surface area contributed by atoms with Crippen LogP contribution in [0, 0.1) is 13.8 Å². The summed E-state index contributed by atoms with van der Waals surface area (Å²) in [4.78, 5) is -0.0203. The zero-order chi connectivity index (χ0) is 13.4. The maximum absolute atomic E-state index is 10.7. The average Bonchev–Trinajstić information content (AvgIpc) is 2.21. The van der Waals surface area contributed by atoms with Crippen LogP contribution in [0.4, 0.5) is 0 Å². The summed E-state index contributed by atoms with van der Waals surface area (Å²) in [5.41, 5.74) is 1.54. The van der Waals surface area contributed by atoms with Crippen molar-refractivity contribution in [3.8, 4) is 0 Å². The van der Waals surface area contributed by atoms with Crippen LogP contribution in [-0.2, 0) is 10.1 Å². The van der Waals surface area contributed by atoms with E-state index in [1.165, 1.54) is 6.07 Å². The summed E-state index contributed by atoms with van der Waals surface area (Å²) in [5.74, 6) is 0. The van der Waals surface area contributed by atoms with Crippen LogP contribution in [0.25, 0.3) is 0 Å². The number of benzene rings is 1. The fourth-order valence-corrected chi connectivity index (χ4v) is 1.79. The Kier molecular flexibility index (Phi) is 9.09. The molecule has 3 nitrogen and oxygen atoms in total. The molecule has 0 atom stereocenters. The van der Waals surface area contributed by atoms with Crippen molar-refractivity contribution in [2.45, 2.75) is 46.4 Å². The Morgan fingerprint density at radius 1 is 1.00 bits per heavy atom. The molecule has 0 heterocycles. The molecule has 0 aliphatic heterocycles. The van der Waals surface area contributed by atoms with Gasteiger partial charge in [0.15, 0.2) is 0 Å². The van der Waals surface area contributed by atoms with E-state index in [0.29, 0.717) is 5.56 Å². The van der Waals surface area contributed by atoms with Crippen molar-refractivity contribution in [3.63, 3.8) is 0 Å². The average molecular weight is 246 g/mol. The van der Waals surface area contributed by atoms with Crippen LogP contribution >= 0.6 is 0 Å². The van der Waals surface area contributed by atoms with Crippen LogP contribution in [0.5, 0.6) is 0 Å². The molecular weight excluding hydrogens is 224 g/mol. The third kappa shape index (κ3) is 5.88. The van der Waals surface area contributed by atoms with E-state index >= 15 is 0 Å². The van der Waals surface area contributed by atoms with Gasteiger partial charge in [0.2, 0.25) is 0 Å².